The highest BCUT2D eigenvalue weighted by Crippen LogP contribution is 2.41. The Bertz CT molecular complexity index is 1220. The normalized spacial score (nSPS) is 20.4. The van der Waals surface area contributed by atoms with Crippen LogP contribution in [0, 0.1) is 0 Å². The minimum atomic E-state index is -0.613. The van der Waals surface area contributed by atoms with Crippen LogP contribution in [0.5, 0.6) is 0 Å². The standard InChI is InChI=1S/C24H28N8O/c1-30-9-11-31(12-10-30)18-5-6-20(25-15-18)28-23-27-14-17-13-19-16-26-22(33)24(7-3-2-4-8-24)32(19)21(17)29-23/h5-6,13-16H,2-4,7-12H2,1H3,(H,25,27,28,29). The van der Waals surface area contributed by atoms with E-state index in [1.165, 1.54) is 0 Å². The molecule has 33 heavy (non-hydrogen) atoms. The molecule has 3 aromatic heterocycles. The van der Waals surface area contributed by atoms with Gasteiger partial charge in [-0.05, 0) is 38.1 Å². The molecule has 170 valence electrons. The first-order valence-electron chi connectivity index (χ1n) is 11.8. The molecule has 1 amide bonds. The van der Waals surface area contributed by atoms with E-state index in [2.05, 4.69) is 47.8 Å². The molecule has 9 nitrogen and oxygen atoms in total. The van der Waals surface area contributed by atoms with E-state index in [0.29, 0.717) is 11.8 Å². The maximum absolute atomic E-state index is 12.9. The Morgan fingerprint density at radius 1 is 1.00 bits per heavy atom. The van der Waals surface area contributed by atoms with Crippen molar-refractivity contribution in [3.63, 3.8) is 0 Å². The van der Waals surface area contributed by atoms with Crippen molar-refractivity contribution in [2.45, 2.75) is 37.6 Å². The first-order chi connectivity index (χ1) is 16.1. The van der Waals surface area contributed by atoms with Gasteiger partial charge in [0.05, 0.1) is 23.8 Å². The number of carbonyl (C=O) groups excluding carboxylic acids is 1. The Kier molecular flexibility index (Phi) is 4.86. The number of hydrogen-bond donors (Lipinski definition) is 1. The van der Waals surface area contributed by atoms with Crippen molar-refractivity contribution in [1.82, 2.24) is 24.4 Å². The van der Waals surface area contributed by atoms with Gasteiger partial charge in [0.2, 0.25) is 5.95 Å². The van der Waals surface area contributed by atoms with Crippen molar-refractivity contribution in [3.05, 3.63) is 36.3 Å². The van der Waals surface area contributed by atoms with Crippen LogP contribution in [0.3, 0.4) is 0 Å². The average Bonchev–Trinajstić information content (AvgIpc) is 3.22. The summed E-state index contributed by atoms with van der Waals surface area (Å²) < 4.78 is 2.10. The molecule has 0 atom stereocenters. The van der Waals surface area contributed by atoms with E-state index in [-0.39, 0.29) is 5.91 Å². The first-order valence-corrected chi connectivity index (χ1v) is 11.8. The Labute approximate surface area is 192 Å². The second-order valence-electron chi connectivity index (χ2n) is 9.35. The van der Waals surface area contributed by atoms with Crippen molar-refractivity contribution in [3.8, 4) is 0 Å². The van der Waals surface area contributed by atoms with Gasteiger partial charge in [0.1, 0.15) is 17.0 Å². The predicted octanol–water partition coefficient (Wildman–Crippen LogP) is 2.94. The Balaban J connectivity index is 1.29. The maximum atomic E-state index is 12.9. The predicted molar refractivity (Wildman–Crippen MR) is 128 cm³/mol. The summed E-state index contributed by atoms with van der Waals surface area (Å²) in [6.45, 7) is 4.13. The molecule has 3 aliphatic rings. The molecular weight excluding hydrogens is 416 g/mol. The smallest absolute Gasteiger partial charge is 0.271 e. The third-order valence-corrected chi connectivity index (χ3v) is 7.25. The number of rotatable bonds is 3. The molecule has 1 saturated heterocycles. The van der Waals surface area contributed by atoms with E-state index < -0.39 is 5.54 Å². The van der Waals surface area contributed by atoms with E-state index in [1.807, 2.05) is 24.5 Å². The molecular formula is C24H28N8O. The molecule has 2 aliphatic heterocycles. The molecule has 5 heterocycles. The van der Waals surface area contributed by atoms with Crippen LogP contribution in [-0.4, -0.2) is 69.8 Å². The summed E-state index contributed by atoms with van der Waals surface area (Å²) in [6, 6.07) is 6.08. The molecule has 2 fully saturated rings. The van der Waals surface area contributed by atoms with E-state index in [9.17, 15) is 4.79 Å². The van der Waals surface area contributed by atoms with Crippen molar-refractivity contribution < 1.29 is 4.79 Å². The molecule has 0 aromatic carbocycles. The third-order valence-electron chi connectivity index (χ3n) is 7.25. The van der Waals surface area contributed by atoms with Crippen molar-refractivity contribution in [2.75, 3.05) is 43.4 Å². The van der Waals surface area contributed by atoms with Crippen LogP contribution in [0.15, 0.2) is 35.6 Å². The number of anilines is 3. The second-order valence-corrected chi connectivity index (χ2v) is 9.35. The first kappa shape index (κ1) is 20.3. The van der Waals surface area contributed by atoms with Crippen LogP contribution in [0.4, 0.5) is 17.5 Å². The van der Waals surface area contributed by atoms with Crippen LogP contribution in [0.1, 0.15) is 37.8 Å². The molecule has 0 unspecified atom stereocenters. The largest absolute Gasteiger partial charge is 0.368 e. The average molecular weight is 445 g/mol. The molecule has 0 radical (unpaired) electrons. The van der Waals surface area contributed by atoms with Gasteiger partial charge in [0, 0.05) is 37.8 Å². The zero-order chi connectivity index (χ0) is 22.4. The molecule has 1 N–H and O–H groups in total. The van der Waals surface area contributed by atoms with Gasteiger partial charge < -0.3 is 19.7 Å². The van der Waals surface area contributed by atoms with E-state index in [1.54, 1.807) is 6.21 Å². The monoisotopic (exact) mass is 444 g/mol. The van der Waals surface area contributed by atoms with Gasteiger partial charge in [-0.2, -0.15) is 4.98 Å². The van der Waals surface area contributed by atoms with E-state index >= 15 is 0 Å². The number of nitrogens with one attached hydrogen (secondary N) is 1. The molecule has 9 heteroatoms. The molecule has 1 aliphatic carbocycles. The van der Waals surface area contributed by atoms with Gasteiger partial charge in [0.25, 0.3) is 5.91 Å². The summed E-state index contributed by atoms with van der Waals surface area (Å²) in [5, 5.41) is 4.16. The van der Waals surface area contributed by atoms with Gasteiger partial charge in [-0.25, -0.2) is 15.0 Å². The number of amides is 1. The minimum absolute atomic E-state index is 0.0542. The van der Waals surface area contributed by atoms with Crippen LogP contribution < -0.4 is 10.2 Å². The lowest BCUT2D eigenvalue weighted by molar-refractivity contribution is -0.128. The van der Waals surface area contributed by atoms with Gasteiger partial charge in [-0.15, -0.1) is 0 Å². The second kappa shape index (κ2) is 7.91. The van der Waals surface area contributed by atoms with Crippen LogP contribution in [-0.2, 0) is 10.3 Å². The number of likely N-dealkylation sites (N-methyl/N-ethyl adjacent to an activating group) is 1. The number of aliphatic imine (C=N–C) groups is 1. The van der Waals surface area contributed by atoms with Crippen molar-refractivity contribution in [2.24, 2.45) is 4.99 Å². The SMILES string of the molecule is CN1CCN(c2ccc(Nc3ncc4cc5n(c4n3)C3(CCCCC3)C(=O)N=C5)nc2)CC1. The van der Waals surface area contributed by atoms with Crippen LogP contribution in [0.2, 0.25) is 0 Å². The number of nitrogens with zero attached hydrogens (tertiary/aromatic N) is 7. The summed E-state index contributed by atoms with van der Waals surface area (Å²) in [4.78, 5) is 35.8. The van der Waals surface area contributed by atoms with Crippen LogP contribution in [0.25, 0.3) is 11.0 Å². The van der Waals surface area contributed by atoms with Crippen LogP contribution >= 0.6 is 0 Å². The van der Waals surface area contributed by atoms with Crippen molar-refractivity contribution in [1.29, 1.82) is 0 Å². The number of aromatic nitrogens is 4. The number of hydrogen-bond acceptors (Lipinski definition) is 7. The minimum Gasteiger partial charge on any atom is -0.368 e. The summed E-state index contributed by atoms with van der Waals surface area (Å²) in [6.07, 6.45) is 10.2. The Hall–Kier alpha value is -3.33. The number of carbonyl (C=O) groups is 1. The summed E-state index contributed by atoms with van der Waals surface area (Å²) >= 11 is 0. The Morgan fingerprint density at radius 3 is 2.58 bits per heavy atom. The number of pyridine rings is 1. The summed E-state index contributed by atoms with van der Waals surface area (Å²) in [5.74, 6) is 1.12. The topological polar surface area (TPSA) is 91.5 Å². The van der Waals surface area contributed by atoms with Crippen molar-refractivity contribution >= 4 is 40.6 Å². The lowest BCUT2D eigenvalue weighted by Gasteiger charge is -2.38. The van der Waals surface area contributed by atoms with Gasteiger partial charge in [-0.1, -0.05) is 19.3 Å². The third kappa shape index (κ3) is 3.47. The molecule has 6 rings (SSSR count). The number of piperazine rings is 1. The van der Waals surface area contributed by atoms with Gasteiger partial charge in [0.15, 0.2) is 0 Å². The lowest BCUT2D eigenvalue weighted by atomic mass is 9.80. The zero-order valence-electron chi connectivity index (χ0n) is 18.9. The highest BCUT2D eigenvalue weighted by Gasteiger charge is 2.45. The summed E-state index contributed by atoms with van der Waals surface area (Å²) in [7, 11) is 2.15. The molecule has 3 aromatic rings. The van der Waals surface area contributed by atoms with E-state index in [4.69, 9.17) is 4.98 Å². The fourth-order valence-electron chi connectivity index (χ4n) is 5.36. The fourth-order valence-corrected chi connectivity index (χ4v) is 5.36. The maximum Gasteiger partial charge on any atom is 0.271 e. The van der Waals surface area contributed by atoms with Gasteiger partial charge in [-0.3, -0.25) is 4.79 Å². The molecule has 1 saturated carbocycles. The quantitative estimate of drug-likeness (QED) is 0.664. The molecule has 0 bridgehead atoms. The highest BCUT2D eigenvalue weighted by molar-refractivity contribution is 6.02. The Morgan fingerprint density at radius 2 is 1.82 bits per heavy atom. The zero-order valence-corrected chi connectivity index (χ0v) is 18.9. The fraction of sp³-hybridized carbons (Fsp3) is 0.458. The lowest BCUT2D eigenvalue weighted by Crippen LogP contribution is -2.45. The highest BCUT2D eigenvalue weighted by atomic mass is 16.2. The van der Waals surface area contributed by atoms with E-state index in [0.717, 1.165) is 80.7 Å². The van der Waals surface area contributed by atoms with Gasteiger partial charge >= 0.3 is 0 Å². The molecule has 1 spiro atoms. The summed E-state index contributed by atoms with van der Waals surface area (Å²) in [5.41, 5.74) is 2.21. The number of fused-ring (bicyclic) bond motifs is 4.